The second-order valence-corrected chi connectivity index (χ2v) is 5.17. The van der Waals surface area contributed by atoms with Crippen molar-refractivity contribution in [1.82, 2.24) is 20.6 Å². The third-order valence-electron chi connectivity index (χ3n) is 3.09. The van der Waals surface area contributed by atoms with Gasteiger partial charge < -0.3 is 15.6 Å². The average Bonchev–Trinajstić information content (AvgIpc) is 2.46. The minimum Gasteiger partial charge on any atom is -0.355 e. The van der Waals surface area contributed by atoms with E-state index in [2.05, 4.69) is 20.6 Å². The molecule has 4 N–H and O–H groups in total. The number of nitrogens with one attached hydrogen (secondary N) is 4. The van der Waals surface area contributed by atoms with E-state index in [1.165, 1.54) is 18.2 Å². The number of carbonyl (C=O) groups excluding carboxylic acids is 2. The Labute approximate surface area is 131 Å². The SMILES string of the molecule is CCNC(=O)C(C)NC(=O)c1ccc2c(=O)[nH]c(=S)[nH]c2c1. The summed E-state index contributed by atoms with van der Waals surface area (Å²) in [6.07, 6.45) is 0. The second-order valence-electron chi connectivity index (χ2n) is 4.76. The summed E-state index contributed by atoms with van der Waals surface area (Å²) in [6, 6.07) is 3.93. The van der Waals surface area contributed by atoms with E-state index in [9.17, 15) is 14.4 Å². The summed E-state index contributed by atoms with van der Waals surface area (Å²) in [4.78, 5) is 40.8. The first-order valence-corrected chi connectivity index (χ1v) is 7.18. The molecule has 0 radical (unpaired) electrons. The number of hydrogen-bond donors (Lipinski definition) is 4. The normalized spacial score (nSPS) is 11.9. The minimum absolute atomic E-state index is 0.186. The Bertz CT molecular complexity index is 840. The summed E-state index contributed by atoms with van der Waals surface area (Å²) < 4.78 is 0.186. The second kappa shape index (κ2) is 6.52. The Morgan fingerprint density at radius 2 is 2.05 bits per heavy atom. The van der Waals surface area contributed by atoms with Crippen LogP contribution in [0.2, 0.25) is 0 Å². The van der Waals surface area contributed by atoms with Crippen LogP contribution in [-0.4, -0.2) is 34.4 Å². The number of H-pyrrole nitrogens is 2. The van der Waals surface area contributed by atoms with E-state index in [1.54, 1.807) is 13.8 Å². The first kappa shape index (κ1) is 15.9. The van der Waals surface area contributed by atoms with Crippen molar-refractivity contribution in [1.29, 1.82) is 0 Å². The lowest BCUT2D eigenvalue weighted by molar-refractivity contribution is -0.122. The fraction of sp³-hybridized carbons (Fsp3) is 0.286. The van der Waals surface area contributed by atoms with E-state index < -0.39 is 11.9 Å². The third-order valence-corrected chi connectivity index (χ3v) is 3.30. The van der Waals surface area contributed by atoms with Gasteiger partial charge in [-0.15, -0.1) is 0 Å². The number of fused-ring (bicyclic) bond motifs is 1. The molecule has 2 amide bonds. The Kier molecular flexibility index (Phi) is 4.71. The van der Waals surface area contributed by atoms with Crippen LogP contribution in [0.1, 0.15) is 24.2 Å². The molecule has 0 saturated heterocycles. The predicted octanol–water partition coefficient (Wildman–Crippen LogP) is 0.840. The van der Waals surface area contributed by atoms with Crippen LogP contribution in [0.25, 0.3) is 10.9 Å². The van der Waals surface area contributed by atoms with E-state index in [0.29, 0.717) is 23.0 Å². The lowest BCUT2D eigenvalue weighted by Crippen LogP contribution is -2.44. The van der Waals surface area contributed by atoms with Gasteiger partial charge in [0.05, 0.1) is 10.9 Å². The largest absolute Gasteiger partial charge is 0.355 e. The number of likely N-dealkylation sites (N-methyl/N-ethyl adjacent to an activating group) is 1. The zero-order chi connectivity index (χ0) is 16.3. The van der Waals surface area contributed by atoms with Gasteiger partial charge >= 0.3 is 0 Å². The molecule has 1 atom stereocenters. The van der Waals surface area contributed by atoms with Gasteiger partial charge in [0.25, 0.3) is 11.5 Å². The third kappa shape index (κ3) is 3.40. The molecule has 7 nitrogen and oxygen atoms in total. The monoisotopic (exact) mass is 320 g/mol. The minimum atomic E-state index is -0.652. The zero-order valence-corrected chi connectivity index (χ0v) is 13.0. The first-order valence-electron chi connectivity index (χ1n) is 6.77. The van der Waals surface area contributed by atoms with Crippen LogP contribution in [-0.2, 0) is 4.79 Å². The van der Waals surface area contributed by atoms with Gasteiger partial charge in [0.1, 0.15) is 6.04 Å². The maximum Gasteiger partial charge on any atom is 0.259 e. The predicted molar refractivity (Wildman–Crippen MR) is 85.4 cm³/mol. The van der Waals surface area contributed by atoms with Gasteiger partial charge in [-0.2, -0.15) is 0 Å². The van der Waals surface area contributed by atoms with Crippen LogP contribution >= 0.6 is 12.2 Å². The number of hydrogen-bond acceptors (Lipinski definition) is 4. The molecular formula is C14H16N4O3S. The number of aromatic nitrogens is 2. The van der Waals surface area contributed by atoms with E-state index in [-0.39, 0.29) is 16.2 Å². The highest BCUT2D eigenvalue weighted by molar-refractivity contribution is 7.71. The molecule has 1 unspecified atom stereocenters. The van der Waals surface area contributed by atoms with E-state index in [1.807, 2.05) is 0 Å². The van der Waals surface area contributed by atoms with Crippen LogP contribution < -0.4 is 16.2 Å². The van der Waals surface area contributed by atoms with Crippen molar-refractivity contribution in [3.63, 3.8) is 0 Å². The molecule has 2 rings (SSSR count). The van der Waals surface area contributed by atoms with Crippen LogP contribution in [0, 0.1) is 4.77 Å². The lowest BCUT2D eigenvalue weighted by atomic mass is 10.1. The summed E-state index contributed by atoms with van der Waals surface area (Å²) in [7, 11) is 0. The fourth-order valence-electron chi connectivity index (χ4n) is 1.98. The number of amides is 2. The van der Waals surface area contributed by atoms with Gasteiger partial charge in [0, 0.05) is 12.1 Å². The highest BCUT2D eigenvalue weighted by atomic mass is 32.1. The molecule has 1 aromatic heterocycles. The molecule has 0 saturated carbocycles. The molecule has 1 heterocycles. The first-order chi connectivity index (χ1) is 10.4. The van der Waals surface area contributed by atoms with Gasteiger partial charge in [-0.25, -0.2) is 0 Å². The van der Waals surface area contributed by atoms with Gasteiger partial charge in [0.15, 0.2) is 4.77 Å². The van der Waals surface area contributed by atoms with Crippen molar-refractivity contribution in [2.45, 2.75) is 19.9 Å². The maximum atomic E-state index is 12.2. The maximum absolute atomic E-state index is 12.2. The number of carbonyl (C=O) groups is 2. The molecule has 8 heteroatoms. The highest BCUT2D eigenvalue weighted by Gasteiger charge is 2.16. The Hall–Kier alpha value is -2.48. The highest BCUT2D eigenvalue weighted by Crippen LogP contribution is 2.10. The fourth-order valence-corrected chi connectivity index (χ4v) is 2.19. The molecule has 0 aliphatic heterocycles. The summed E-state index contributed by atoms with van der Waals surface area (Å²) in [5, 5.41) is 5.63. The van der Waals surface area contributed by atoms with E-state index in [0.717, 1.165) is 0 Å². The zero-order valence-electron chi connectivity index (χ0n) is 12.1. The molecular weight excluding hydrogens is 304 g/mol. The van der Waals surface area contributed by atoms with Crippen molar-refractivity contribution >= 4 is 34.9 Å². The van der Waals surface area contributed by atoms with Crippen molar-refractivity contribution in [2.24, 2.45) is 0 Å². The van der Waals surface area contributed by atoms with E-state index in [4.69, 9.17) is 12.2 Å². The quantitative estimate of drug-likeness (QED) is 0.626. The average molecular weight is 320 g/mol. The van der Waals surface area contributed by atoms with Crippen molar-refractivity contribution in [3.05, 3.63) is 38.9 Å². The standard InChI is InChI=1S/C14H16N4O3S/c1-3-15-11(19)7(2)16-12(20)8-4-5-9-10(6-8)17-14(22)18-13(9)21/h4-7H,3H2,1-2H3,(H,15,19)(H,16,20)(H2,17,18,21,22). The van der Waals surface area contributed by atoms with Crippen LogP contribution in [0.5, 0.6) is 0 Å². The Morgan fingerprint density at radius 1 is 1.32 bits per heavy atom. The number of rotatable bonds is 4. The van der Waals surface area contributed by atoms with Crippen LogP contribution in [0.3, 0.4) is 0 Å². The lowest BCUT2D eigenvalue weighted by Gasteiger charge is -2.13. The molecule has 0 spiro atoms. The molecule has 2 aromatic rings. The topological polar surface area (TPSA) is 107 Å². The molecule has 0 aliphatic carbocycles. The van der Waals surface area contributed by atoms with Gasteiger partial charge in [-0.05, 0) is 44.3 Å². The summed E-state index contributed by atoms with van der Waals surface area (Å²) in [5.74, 6) is -0.659. The van der Waals surface area contributed by atoms with Crippen molar-refractivity contribution in [3.8, 4) is 0 Å². The van der Waals surface area contributed by atoms with Gasteiger partial charge in [0.2, 0.25) is 5.91 Å². The molecule has 22 heavy (non-hydrogen) atoms. The summed E-state index contributed by atoms with van der Waals surface area (Å²) in [5.41, 5.74) is 0.480. The Morgan fingerprint density at radius 3 is 2.73 bits per heavy atom. The molecule has 0 aliphatic rings. The smallest absolute Gasteiger partial charge is 0.259 e. The summed E-state index contributed by atoms with van der Waals surface area (Å²) in [6.45, 7) is 3.89. The van der Waals surface area contributed by atoms with Gasteiger partial charge in [-0.1, -0.05) is 0 Å². The molecule has 116 valence electrons. The van der Waals surface area contributed by atoms with E-state index >= 15 is 0 Å². The molecule has 0 fully saturated rings. The van der Waals surface area contributed by atoms with Crippen molar-refractivity contribution < 1.29 is 9.59 Å². The van der Waals surface area contributed by atoms with Crippen LogP contribution in [0.15, 0.2) is 23.0 Å². The van der Waals surface area contributed by atoms with Gasteiger partial charge in [-0.3, -0.25) is 19.4 Å². The summed E-state index contributed by atoms with van der Waals surface area (Å²) >= 11 is 4.90. The number of aromatic amines is 2. The molecule has 0 bridgehead atoms. The molecule has 1 aromatic carbocycles. The van der Waals surface area contributed by atoms with Crippen molar-refractivity contribution in [2.75, 3.05) is 6.54 Å². The van der Waals surface area contributed by atoms with Crippen LogP contribution in [0.4, 0.5) is 0 Å². The number of benzene rings is 1. The Balaban J connectivity index is 2.27.